The molecule has 0 bridgehead atoms. The summed E-state index contributed by atoms with van der Waals surface area (Å²) in [6, 6.07) is 5.07. The Morgan fingerprint density at radius 1 is 1.38 bits per heavy atom. The van der Waals surface area contributed by atoms with E-state index in [9.17, 15) is 9.59 Å². The van der Waals surface area contributed by atoms with Crippen LogP contribution in [0.5, 0.6) is 5.75 Å². The van der Waals surface area contributed by atoms with Crippen LogP contribution in [-0.2, 0) is 4.79 Å². The van der Waals surface area contributed by atoms with E-state index in [0.717, 1.165) is 5.56 Å². The van der Waals surface area contributed by atoms with Crippen molar-refractivity contribution in [2.45, 2.75) is 6.92 Å². The van der Waals surface area contributed by atoms with E-state index in [0.29, 0.717) is 11.4 Å². The summed E-state index contributed by atoms with van der Waals surface area (Å²) in [4.78, 5) is 24.0. The number of nitrogens with zero attached hydrogens (tertiary/aromatic N) is 1. The molecule has 0 aliphatic carbocycles. The van der Waals surface area contributed by atoms with Crippen molar-refractivity contribution in [3.8, 4) is 5.75 Å². The summed E-state index contributed by atoms with van der Waals surface area (Å²) in [6.45, 7) is 1.96. The monoisotopic (exact) mass is 220 g/mol. The zero-order valence-corrected chi connectivity index (χ0v) is 9.11. The molecule has 1 aromatic rings. The average Bonchev–Trinajstić information content (AvgIpc) is 2.57. The lowest BCUT2D eigenvalue weighted by Crippen LogP contribution is -2.28. The Kier molecular flexibility index (Phi) is 2.52. The highest BCUT2D eigenvalue weighted by atomic mass is 16.5. The van der Waals surface area contributed by atoms with Crippen molar-refractivity contribution < 1.29 is 14.3 Å². The normalized spacial score (nSPS) is 15.2. The number of methoxy groups -OCH3 is 1. The van der Waals surface area contributed by atoms with Crippen LogP contribution in [0.1, 0.15) is 5.56 Å². The molecular weight excluding hydrogens is 208 g/mol. The number of carbonyl (C=O) groups excluding carboxylic acids is 2. The molecule has 0 unspecified atom stereocenters. The van der Waals surface area contributed by atoms with Crippen molar-refractivity contribution in [3.05, 3.63) is 23.8 Å². The highest BCUT2D eigenvalue weighted by Gasteiger charge is 2.29. The lowest BCUT2D eigenvalue weighted by atomic mass is 10.2. The van der Waals surface area contributed by atoms with E-state index >= 15 is 0 Å². The molecule has 0 aromatic heterocycles. The van der Waals surface area contributed by atoms with Gasteiger partial charge in [0.25, 0.3) is 0 Å². The van der Waals surface area contributed by atoms with Gasteiger partial charge < -0.3 is 4.74 Å². The number of imide groups is 1. The van der Waals surface area contributed by atoms with Crippen LogP contribution in [-0.4, -0.2) is 25.6 Å². The van der Waals surface area contributed by atoms with Gasteiger partial charge in [-0.3, -0.25) is 15.0 Å². The number of nitrogens with one attached hydrogen (secondary N) is 1. The third-order valence-electron chi connectivity index (χ3n) is 2.42. The molecule has 1 heterocycles. The van der Waals surface area contributed by atoms with Crippen molar-refractivity contribution in [2.75, 3.05) is 18.6 Å². The topological polar surface area (TPSA) is 58.6 Å². The molecule has 1 aromatic carbocycles. The van der Waals surface area contributed by atoms with Crippen LogP contribution in [0.25, 0.3) is 0 Å². The summed E-state index contributed by atoms with van der Waals surface area (Å²) in [5.41, 5.74) is 1.62. The van der Waals surface area contributed by atoms with Crippen LogP contribution in [0.15, 0.2) is 18.2 Å². The van der Waals surface area contributed by atoms with Crippen molar-refractivity contribution in [1.82, 2.24) is 5.32 Å². The smallest absolute Gasteiger partial charge is 0.329 e. The van der Waals surface area contributed by atoms with Gasteiger partial charge in [0.1, 0.15) is 12.3 Å². The lowest BCUT2D eigenvalue weighted by Gasteiger charge is -2.17. The van der Waals surface area contributed by atoms with Crippen molar-refractivity contribution in [3.63, 3.8) is 0 Å². The molecule has 0 atom stereocenters. The molecule has 3 amide bonds. The van der Waals surface area contributed by atoms with Crippen LogP contribution < -0.4 is 15.0 Å². The van der Waals surface area contributed by atoms with E-state index in [1.165, 1.54) is 12.0 Å². The minimum absolute atomic E-state index is 0.0403. The summed E-state index contributed by atoms with van der Waals surface area (Å²) >= 11 is 0. The summed E-state index contributed by atoms with van der Waals surface area (Å²) in [5, 5.41) is 2.23. The molecule has 84 valence electrons. The molecule has 16 heavy (non-hydrogen) atoms. The van der Waals surface area contributed by atoms with Crippen molar-refractivity contribution >= 4 is 17.6 Å². The van der Waals surface area contributed by atoms with E-state index in [1.807, 2.05) is 19.1 Å². The fraction of sp³-hybridized carbons (Fsp3) is 0.273. The second kappa shape index (κ2) is 3.84. The van der Waals surface area contributed by atoms with Crippen molar-refractivity contribution in [1.29, 1.82) is 0 Å². The third kappa shape index (κ3) is 1.71. The van der Waals surface area contributed by atoms with E-state index in [-0.39, 0.29) is 12.5 Å². The Morgan fingerprint density at radius 3 is 2.69 bits per heavy atom. The Bertz CT molecular complexity index is 457. The van der Waals surface area contributed by atoms with E-state index < -0.39 is 6.03 Å². The predicted molar refractivity (Wildman–Crippen MR) is 58.6 cm³/mol. The summed E-state index contributed by atoms with van der Waals surface area (Å²) in [5.74, 6) is 0.281. The molecule has 1 aliphatic heterocycles. The molecule has 0 saturated carbocycles. The van der Waals surface area contributed by atoms with Gasteiger partial charge in [-0.15, -0.1) is 0 Å². The van der Waals surface area contributed by atoms with Gasteiger partial charge in [0.15, 0.2) is 0 Å². The molecule has 1 N–H and O–H groups in total. The quantitative estimate of drug-likeness (QED) is 0.758. The number of urea groups is 1. The highest BCUT2D eigenvalue weighted by Crippen LogP contribution is 2.30. The second-order valence-electron chi connectivity index (χ2n) is 3.61. The van der Waals surface area contributed by atoms with E-state index in [2.05, 4.69) is 5.32 Å². The van der Waals surface area contributed by atoms with Gasteiger partial charge in [0.05, 0.1) is 12.8 Å². The first kappa shape index (κ1) is 10.5. The molecule has 1 aliphatic rings. The average molecular weight is 220 g/mol. The molecule has 1 fully saturated rings. The molecule has 0 radical (unpaired) electrons. The standard InChI is InChI=1S/C11H12N2O3/c1-7-3-4-9(16-2)8(5-7)13-6-10(14)12-11(13)15/h3-5H,6H2,1-2H3,(H,12,14,15). The first-order valence-electron chi connectivity index (χ1n) is 4.88. The Morgan fingerprint density at radius 2 is 2.12 bits per heavy atom. The molecule has 2 rings (SSSR count). The van der Waals surface area contributed by atoms with Gasteiger partial charge in [-0.05, 0) is 24.6 Å². The number of rotatable bonds is 2. The van der Waals surface area contributed by atoms with Gasteiger partial charge in [-0.25, -0.2) is 4.79 Å². The second-order valence-corrected chi connectivity index (χ2v) is 3.61. The number of amides is 3. The van der Waals surface area contributed by atoms with Crippen LogP contribution in [0.2, 0.25) is 0 Å². The summed E-state index contributed by atoms with van der Waals surface area (Å²) < 4.78 is 5.16. The minimum atomic E-state index is -0.408. The predicted octanol–water partition coefficient (Wildman–Crippen LogP) is 1.06. The van der Waals surface area contributed by atoms with Gasteiger partial charge in [-0.1, -0.05) is 6.07 Å². The Labute approximate surface area is 93.0 Å². The summed E-state index contributed by atoms with van der Waals surface area (Å²) in [6.07, 6.45) is 0. The molecule has 1 saturated heterocycles. The van der Waals surface area contributed by atoms with Gasteiger partial charge in [-0.2, -0.15) is 0 Å². The van der Waals surface area contributed by atoms with Crippen molar-refractivity contribution in [2.24, 2.45) is 0 Å². The number of benzene rings is 1. The fourth-order valence-corrected chi connectivity index (χ4v) is 1.65. The van der Waals surface area contributed by atoms with Gasteiger partial charge in [0, 0.05) is 0 Å². The molecule has 0 spiro atoms. The maximum atomic E-state index is 11.5. The Hall–Kier alpha value is -2.04. The number of carbonyl (C=O) groups is 2. The van der Waals surface area contributed by atoms with Crippen LogP contribution in [0, 0.1) is 6.92 Å². The first-order valence-corrected chi connectivity index (χ1v) is 4.88. The largest absolute Gasteiger partial charge is 0.495 e. The zero-order valence-electron chi connectivity index (χ0n) is 9.11. The van der Waals surface area contributed by atoms with Crippen LogP contribution in [0.4, 0.5) is 10.5 Å². The third-order valence-corrected chi connectivity index (χ3v) is 2.42. The maximum absolute atomic E-state index is 11.5. The number of ether oxygens (including phenoxy) is 1. The number of anilines is 1. The Balaban J connectivity index is 2.42. The first-order chi connectivity index (χ1) is 7.61. The van der Waals surface area contributed by atoms with Crippen LogP contribution in [0.3, 0.4) is 0 Å². The summed E-state index contributed by atoms with van der Waals surface area (Å²) in [7, 11) is 1.53. The maximum Gasteiger partial charge on any atom is 0.329 e. The highest BCUT2D eigenvalue weighted by molar-refractivity contribution is 6.12. The number of hydrogen-bond acceptors (Lipinski definition) is 3. The SMILES string of the molecule is COc1ccc(C)cc1N1CC(=O)NC1=O. The van der Waals surface area contributed by atoms with E-state index in [4.69, 9.17) is 4.74 Å². The molecule has 5 nitrogen and oxygen atoms in total. The van der Waals surface area contributed by atoms with E-state index in [1.54, 1.807) is 6.07 Å². The lowest BCUT2D eigenvalue weighted by molar-refractivity contribution is -0.117. The fourth-order valence-electron chi connectivity index (χ4n) is 1.65. The number of aryl methyl sites for hydroxylation is 1. The molecule has 5 heteroatoms. The minimum Gasteiger partial charge on any atom is -0.495 e. The number of hydrogen-bond donors (Lipinski definition) is 1. The zero-order chi connectivity index (χ0) is 11.7. The van der Waals surface area contributed by atoms with Crippen LogP contribution >= 0.6 is 0 Å². The van der Waals surface area contributed by atoms with Gasteiger partial charge in [0.2, 0.25) is 5.91 Å². The van der Waals surface area contributed by atoms with Gasteiger partial charge >= 0.3 is 6.03 Å². The molecular formula is C11H12N2O3.